The zero-order valence-corrected chi connectivity index (χ0v) is 7.93. The number of rotatable bonds is 1. The van der Waals surface area contributed by atoms with Gasteiger partial charge in [0.1, 0.15) is 4.90 Å². The van der Waals surface area contributed by atoms with E-state index in [0.717, 1.165) is 0 Å². The van der Waals surface area contributed by atoms with Crippen LogP contribution in [0.3, 0.4) is 0 Å². The molecule has 0 radical (unpaired) electrons. The van der Waals surface area contributed by atoms with Gasteiger partial charge in [0.2, 0.25) is 0 Å². The Morgan fingerprint density at radius 2 is 2.23 bits per heavy atom. The van der Waals surface area contributed by atoms with Crippen LogP contribution in [0.5, 0.6) is 0 Å². The second-order valence-corrected chi connectivity index (χ2v) is 5.05. The highest BCUT2D eigenvalue weighted by Gasteiger charge is 2.15. The molecule has 2 aromatic rings. The summed E-state index contributed by atoms with van der Waals surface area (Å²) in [5, 5.41) is 0.512. The number of hydrogen-bond acceptors (Lipinski definition) is 3. The van der Waals surface area contributed by atoms with Gasteiger partial charge in [-0.25, -0.2) is 8.42 Å². The van der Waals surface area contributed by atoms with Crippen LogP contribution in [0, 0.1) is 0 Å². The highest BCUT2D eigenvalue weighted by atomic mass is 35.7. The van der Waals surface area contributed by atoms with E-state index in [0.29, 0.717) is 10.9 Å². The van der Waals surface area contributed by atoms with Crippen LogP contribution in [-0.2, 0) is 9.05 Å². The maximum Gasteiger partial charge on any atom is 0.263 e. The van der Waals surface area contributed by atoms with Gasteiger partial charge in [-0.15, -0.1) is 0 Å². The molecule has 0 fully saturated rings. The van der Waals surface area contributed by atoms with Gasteiger partial charge in [0, 0.05) is 40.2 Å². The van der Waals surface area contributed by atoms with E-state index in [-0.39, 0.29) is 4.90 Å². The van der Waals surface area contributed by atoms with Crippen molar-refractivity contribution in [3.63, 3.8) is 0 Å². The van der Waals surface area contributed by atoms with Crippen LogP contribution in [0.2, 0.25) is 0 Å². The Morgan fingerprint density at radius 1 is 1.46 bits per heavy atom. The van der Waals surface area contributed by atoms with E-state index in [1.165, 1.54) is 12.4 Å². The Bertz CT molecular complexity index is 546. The van der Waals surface area contributed by atoms with Gasteiger partial charge in [-0.05, 0) is 6.07 Å². The predicted molar refractivity (Wildman–Crippen MR) is 49.1 cm³/mol. The van der Waals surface area contributed by atoms with Gasteiger partial charge in [0.05, 0.1) is 0 Å². The fraction of sp³-hybridized carbons (Fsp3) is 0. The minimum absolute atomic E-state index is 0.0669. The first-order valence-electron chi connectivity index (χ1n) is 3.45. The van der Waals surface area contributed by atoms with E-state index in [4.69, 9.17) is 10.7 Å². The largest absolute Gasteiger partial charge is 0.360 e. The molecule has 2 rings (SSSR count). The number of H-pyrrole nitrogens is 1. The monoisotopic (exact) mass is 216 g/mol. The second kappa shape index (κ2) is 2.71. The van der Waals surface area contributed by atoms with Crippen LogP contribution in [0.25, 0.3) is 10.9 Å². The van der Waals surface area contributed by atoms with Crippen molar-refractivity contribution in [1.82, 2.24) is 9.97 Å². The summed E-state index contributed by atoms with van der Waals surface area (Å²) in [6, 6.07) is 1.68. The summed E-state index contributed by atoms with van der Waals surface area (Å²) in [6.07, 6.45) is 4.39. The first-order valence-corrected chi connectivity index (χ1v) is 5.76. The zero-order chi connectivity index (χ0) is 9.47. The predicted octanol–water partition coefficient (Wildman–Crippen LogP) is 1.49. The number of aromatic nitrogens is 2. The molecule has 0 atom stereocenters. The number of pyridine rings is 1. The van der Waals surface area contributed by atoms with Crippen molar-refractivity contribution >= 4 is 30.6 Å². The Kier molecular flexibility index (Phi) is 1.78. The minimum atomic E-state index is -3.69. The van der Waals surface area contributed by atoms with Gasteiger partial charge in [-0.1, -0.05) is 0 Å². The fourth-order valence-electron chi connectivity index (χ4n) is 1.14. The number of halogens is 1. The van der Waals surface area contributed by atoms with Crippen LogP contribution < -0.4 is 0 Å². The number of hydrogen-bond donors (Lipinski definition) is 1. The number of nitrogens with zero attached hydrogens (tertiary/aromatic N) is 1. The van der Waals surface area contributed by atoms with E-state index in [1.54, 1.807) is 12.3 Å². The molecule has 2 heterocycles. The van der Waals surface area contributed by atoms with Crippen LogP contribution >= 0.6 is 10.7 Å². The summed E-state index contributed by atoms with van der Waals surface area (Å²) < 4.78 is 22.1. The van der Waals surface area contributed by atoms with Gasteiger partial charge in [0.25, 0.3) is 9.05 Å². The van der Waals surface area contributed by atoms with E-state index >= 15 is 0 Å². The summed E-state index contributed by atoms with van der Waals surface area (Å²) in [5.41, 5.74) is 0.703. The maximum atomic E-state index is 11.0. The molecule has 0 amide bonds. The van der Waals surface area contributed by atoms with Crippen LogP contribution in [0.15, 0.2) is 29.6 Å². The topological polar surface area (TPSA) is 62.8 Å². The average Bonchev–Trinajstić information content (AvgIpc) is 2.45. The molecule has 0 saturated carbocycles. The summed E-state index contributed by atoms with van der Waals surface area (Å²) in [6.45, 7) is 0. The van der Waals surface area contributed by atoms with Gasteiger partial charge in [-0.2, -0.15) is 0 Å². The molecular weight excluding hydrogens is 212 g/mol. The van der Waals surface area contributed by atoms with E-state index in [9.17, 15) is 8.42 Å². The first-order chi connectivity index (χ1) is 6.09. The molecule has 6 heteroatoms. The Hall–Kier alpha value is -1.07. The van der Waals surface area contributed by atoms with Crippen molar-refractivity contribution in [1.29, 1.82) is 0 Å². The maximum absolute atomic E-state index is 11.0. The molecule has 13 heavy (non-hydrogen) atoms. The molecule has 0 aliphatic heterocycles. The quantitative estimate of drug-likeness (QED) is 0.735. The number of nitrogens with one attached hydrogen (secondary N) is 1. The average molecular weight is 217 g/mol. The highest BCUT2D eigenvalue weighted by Crippen LogP contribution is 2.24. The molecule has 68 valence electrons. The molecule has 0 aliphatic carbocycles. The molecule has 0 aliphatic rings. The van der Waals surface area contributed by atoms with Crippen molar-refractivity contribution in [2.45, 2.75) is 4.90 Å². The molecule has 2 aromatic heterocycles. The minimum Gasteiger partial charge on any atom is -0.360 e. The van der Waals surface area contributed by atoms with Crippen molar-refractivity contribution in [2.24, 2.45) is 0 Å². The lowest BCUT2D eigenvalue weighted by molar-refractivity contribution is 0.610. The van der Waals surface area contributed by atoms with E-state index in [1.807, 2.05) is 0 Å². The SMILES string of the molecule is O=S(=O)(Cl)c1c[nH]c2ccncc12. The lowest BCUT2D eigenvalue weighted by Gasteiger charge is -1.90. The van der Waals surface area contributed by atoms with Crippen molar-refractivity contribution < 1.29 is 8.42 Å². The zero-order valence-electron chi connectivity index (χ0n) is 6.36. The molecular formula is C7H5ClN2O2S. The Morgan fingerprint density at radius 3 is 2.92 bits per heavy atom. The smallest absolute Gasteiger partial charge is 0.263 e. The highest BCUT2D eigenvalue weighted by molar-refractivity contribution is 8.14. The van der Waals surface area contributed by atoms with E-state index < -0.39 is 9.05 Å². The molecule has 4 nitrogen and oxygen atoms in total. The third-order valence-corrected chi connectivity index (χ3v) is 3.07. The van der Waals surface area contributed by atoms with Crippen LogP contribution in [0.1, 0.15) is 0 Å². The van der Waals surface area contributed by atoms with Crippen LogP contribution in [0.4, 0.5) is 0 Å². The van der Waals surface area contributed by atoms with Crippen LogP contribution in [-0.4, -0.2) is 18.4 Å². The molecule has 0 unspecified atom stereocenters. The summed E-state index contributed by atoms with van der Waals surface area (Å²) >= 11 is 0. The third-order valence-electron chi connectivity index (χ3n) is 1.71. The summed E-state index contributed by atoms with van der Waals surface area (Å²) in [4.78, 5) is 6.67. The Balaban J connectivity index is 2.87. The van der Waals surface area contributed by atoms with Gasteiger partial charge < -0.3 is 4.98 Å². The Labute approximate surface area is 79.0 Å². The van der Waals surface area contributed by atoms with Gasteiger partial charge >= 0.3 is 0 Å². The van der Waals surface area contributed by atoms with E-state index in [2.05, 4.69) is 9.97 Å². The first kappa shape index (κ1) is 8.52. The lowest BCUT2D eigenvalue weighted by atomic mass is 10.3. The third kappa shape index (κ3) is 1.40. The fourth-order valence-corrected chi connectivity index (χ4v) is 2.15. The van der Waals surface area contributed by atoms with Crippen molar-refractivity contribution in [3.05, 3.63) is 24.7 Å². The number of aromatic amines is 1. The van der Waals surface area contributed by atoms with Gasteiger partial charge in [0.15, 0.2) is 0 Å². The standard InChI is InChI=1S/C7H5ClN2O2S/c8-13(11,12)7-4-10-6-1-2-9-3-5(6)7/h1-4,10H. The second-order valence-electron chi connectivity index (χ2n) is 2.51. The van der Waals surface area contributed by atoms with Crippen molar-refractivity contribution in [2.75, 3.05) is 0 Å². The lowest BCUT2D eigenvalue weighted by Crippen LogP contribution is -1.87. The van der Waals surface area contributed by atoms with Crippen molar-refractivity contribution in [3.8, 4) is 0 Å². The van der Waals surface area contributed by atoms with Gasteiger partial charge in [-0.3, -0.25) is 4.98 Å². The molecule has 0 bridgehead atoms. The summed E-state index contributed by atoms with van der Waals surface area (Å²) in [7, 11) is 1.52. The molecule has 0 spiro atoms. The molecule has 0 aromatic carbocycles. The molecule has 0 saturated heterocycles. The number of fused-ring (bicyclic) bond motifs is 1. The normalized spacial score (nSPS) is 12.1. The molecule has 1 N–H and O–H groups in total. The summed E-state index contributed by atoms with van der Waals surface area (Å²) in [5.74, 6) is 0.